The number of nitrogens with one attached hydrogen (secondary N) is 1. The highest BCUT2D eigenvalue weighted by Gasteiger charge is 2.49. The Kier molecular flexibility index (Phi) is 5.61. The summed E-state index contributed by atoms with van der Waals surface area (Å²) in [6.45, 7) is 4.49. The van der Waals surface area contributed by atoms with E-state index in [0.717, 1.165) is 43.7 Å². The smallest absolute Gasteiger partial charge is 0.226 e. The molecule has 1 heterocycles. The highest BCUT2D eigenvalue weighted by atomic mass is 16.5. The van der Waals surface area contributed by atoms with Gasteiger partial charge in [0, 0.05) is 19.6 Å². The molecule has 5 heteroatoms. The first-order valence-electron chi connectivity index (χ1n) is 9.28. The lowest BCUT2D eigenvalue weighted by Crippen LogP contribution is -2.39. The number of nitrogens with zero attached hydrogens (tertiary/aromatic N) is 1. The van der Waals surface area contributed by atoms with Gasteiger partial charge in [0.05, 0.1) is 18.9 Å². The predicted molar refractivity (Wildman–Crippen MR) is 96.3 cm³/mol. The van der Waals surface area contributed by atoms with Crippen LogP contribution in [0.1, 0.15) is 31.7 Å². The van der Waals surface area contributed by atoms with E-state index < -0.39 is 0 Å². The summed E-state index contributed by atoms with van der Waals surface area (Å²) in [4.78, 5) is 26.7. The molecule has 136 valence electrons. The van der Waals surface area contributed by atoms with Crippen molar-refractivity contribution in [1.29, 1.82) is 0 Å². The molecule has 1 aliphatic heterocycles. The summed E-state index contributed by atoms with van der Waals surface area (Å²) in [5, 5.41) is 2.97. The van der Waals surface area contributed by atoms with Crippen LogP contribution in [0.3, 0.4) is 0 Å². The van der Waals surface area contributed by atoms with Crippen LogP contribution in [0.4, 0.5) is 0 Å². The number of hydrogen-bond donors (Lipinski definition) is 1. The van der Waals surface area contributed by atoms with Gasteiger partial charge < -0.3 is 15.0 Å². The minimum Gasteiger partial charge on any atom is -0.496 e. The van der Waals surface area contributed by atoms with Crippen LogP contribution in [-0.2, 0) is 16.0 Å². The van der Waals surface area contributed by atoms with E-state index in [1.165, 1.54) is 0 Å². The standard InChI is InChI=1S/C20H28N2O3/c1-14-8-11-22(12-9-14)20(24)17-13-16(17)19(23)21-10-7-15-5-3-4-6-18(15)25-2/h3-6,14,16-17H,7-13H2,1-2H3,(H,21,23). The van der Waals surface area contributed by atoms with Crippen molar-refractivity contribution in [2.45, 2.75) is 32.6 Å². The lowest BCUT2D eigenvalue weighted by Gasteiger charge is -2.30. The van der Waals surface area contributed by atoms with Crippen molar-refractivity contribution in [3.63, 3.8) is 0 Å². The molecule has 0 radical (unpaired) electrons. The highest BCUT2D eigenvalue weighted by molar-refractivity contribution is 5.92. The fourth-order valence-corrected chi connectivity index (χ4v) is 3.58. The number of rotatable bonds is 6. The van der Waals surface area contributed by atoms with Gasteiger partial charge in [-0.3, -0.25) is 9.59 Å². The Morgan fingerprint density at radius 2 is 1.92 bits per heavy atom. The molecule has 0 spiro atoms. The number of ether oxygens (including phenoxy) is 1. The molecule has 2 aliphatic rings. The number of likely N-dealkylation sites (tertiary alicyclic amines) is 1. The largest absolute Gasteiger partial charge is 0.496 e. The lowest BCUT2D eigenvalue weighted by atomic mass is 9.99. The first kappa shape index (κ1) is 17.8. The van der Waals surface area contributed by atoms with Crippen LogP contribution in [0.25, 0.3) is 0 Å². The van der Waals surface area contributed by atoms with E-state index in [1.54, 1.807) is 7.11 Å². The van der Waals surface area contributed by atoms with E-state index in [-0.39, 0.29) is 23.7 Å². The van der Waals surface area contributed by atoms with Gasteiger partial charge in [0.15, 0.2) is 0 Å². The molecule has 0 bridgehead atoms. The molecule has 1 aromatic carbocycles. The number of carbonyl (C=O) groups is 2. The molecule has 1 aliphatic carbocycles. The van der Waals surface area contributed by atoms with Crippen LogP contribution >= 0.6 is 0 Å². The predicted octanol–water partition coefficient (Wildman–Crippen LogP) is 2.25. The molecule has 1 saturated carbocycles. The van der Waals surface area contributed by atoms with Gasteiger partial charge in [0.2, 0.25) is 11.8 Å². The second kappa shape index (κ2) is 7.89. The Balaban J connectivity index is 1.42. The third kappa shape index (κ3) is 4.33. The number of benzene rings is 1. The first-order valence-corrected chi connectivity index (χ1v) is 9.28. The number of piperidine rings is 1. The van der Waals surface area contributed by atoms with E-state index in [1.807, 2.05) is 29.2 Å². The van der Waals surface area contributed by atoms with Crippen molar-refractivity contribution < 1.29 is 14.3 Å². The summed E-state index contributed by atoms with van der Waals surface area (Å²) in [5.74, 6) is 1.51. The summed E-state index contributed by atoms with van der Waals surface area (Å²) >= 11 is 0. The quantitative estimate of drug-likeness (QED) is 0.861. The number of para-hydroxylation sites is 1. The molecule has 2 atom stereocenters. The topological polar surface area (TPSA) is 58.6 Å². The Labute approximate surface area is 149 Å². The normalized spacial score (nSPS) is 23.2. The second-order valence-corrected chi connectivity index (χ2v) is 7.31. The molecule has 5 nitrogen and oxygen atoms in total. The molecule has 2 amide bonds. The molecule has 2 fully saturated rings. The van der Waals surface area contributed by atoms with E-state index in [4.69, 9.17) is 4.74 Å². The number of amides is 2. The second-order valence-electron chi connectivity index (χ2n) is 7.31. The Morgan fingerprint density at radius 3 is 2.64 bits per heavy atom. The molecule has 1 N–H and O–H groups in total. The maximum Gasteiger partial charge on any atom is 0.226 e. The minimum absolute atomic E-state index is 0.0126. The van der Waals surface area contributed by atoms with Gasteiger partial charge in [-0.15, -0.1) is 0 Å². The lowest BCUT2D eigenvalue weighted by molar-refractivity contribution is -0.135. The van der Waals surface area contributed by atoms with Gasteiger partial charge in [-0.2, -0.15) is 0 Å². The van der Waals surface area contributed by atoms with Crippen LogP contribution in [0.15, 0.2) is 24.3 Å². The molecule has 1 aromatic rings. The Morgan fingerprint density at radius 1 is 1.20 bits per heavy atom. The Bertz CT molecular complexity index is 623. The van der Waals surface area contributed by atoms with Crippen molar-refractivity contribution in [1.82, 2.24) is 10.2 Å². The molecule has 1 saturated heterocycles. The van der Waals surface area contributed by atoms with Crippen LogP contribution in [0, 0.1) is 17.8 Å². The van der Waals surface area contributed by atoms with Crippen molar-refractivity contribution >= 4 is 11.8 Å². The van der Waals surface area contributed by atoms with Gasteiger partial charge in [-0.05, 0) is 43.2 Å². The fraction of sp³-hybridized carbons (Fsp3) is 0.600. The van der Waals surface area contributed by atoms with Gasteiger partial charge >= 0.3 is 0 Å². The van der Waals surface area contributed by atoms with Crippen molar-refractivity contribution in [2.75, 3.05) is 26.7 Å². The summed E-state index contributed by atoms with van der Waals surface area (Å²) in [6.07, 6.45) is 3.58. The summed E-state index contributed by atoms with van der Waals surface area (Å²) in [5.41, 5.74) is 1.08. The zero-order chi connectivity index (χ0) is 17.8. The van der Waals surface area contributed by atoms with Crippen molar-refractivity contribution in [2.24, 2.45) is 17.8 Å². The molecule has 3 rings (SSSR count). The summed E-state index contributed by atoms with van der Waals surface area (Å²) < 4.78 is 5.32. The molecule has 25 heavy (non-hydrogen) atoms. The first-order chi connectivity index (χ1) is 12.1. The third-order valence-corrected chi connectivity index (χ3v) is 5.43. The van der Waals surface area contributed by atoms with E-state index in [0.29, 0.717) is 18.9 Å². The number of hydrogen-bond acceptors (Lipinski definition) is 3. The SMILES string of the molecule is COc1ccccc1CCNC(=O)C1CC1C(=O)N1CCC(C)CC1. The molecule has 0 aromatic heterocycles. The summed E-state index contributed by atoms with van der Waals surface area (Å²) in [6, 6.07) is 7.83. The van der Waals surface area contributed by atoms with Crippen molar-refractivity contribution in [3.8, 4) is 5.75 Å². The van der Waals surface area contributed by atoms with Crippen LogP contribution < -0.4 is 10.1 Å². The van der Waals surface area contributed by atoms with E-state index >= 15 is 0 Å². The van der Waals surface area contributed by atoms with E-state index in [2.05, 4.69) is 12.2 Å². The summed E-state index contributed by atoms with van der Waals surface area (Å²) in [7, 11) is 1.65. The molecular weight excluding hydrogens is 316 g/mol. The monoisotopic (exact) mass is 344 g/mol. The minimum atomic E-state index is -0.135. The third-order valence-electron chi connectivity index (χ3n) is 5.43. The average Bonchev–Trinajstić information content (AvgIpc) is 3.43. The Hall–Kier alpha value is -2.04. The highest BCUT2D eigenvalue weighted by Crippen LogP contribution is 2.40. The van der Waals surface area contributed by atoms with Gasteiger partial charge in [-0.25, -0.2) is 0 Å². The van der Waals surface area contributed by atoms with Gasteiger partial charge in [0.1, 0.15) is 5.75 Å². The number of carbonyl (C=O) groups excluding carboxylic acids is 2. The van der Waals surface area contributed by atoms with Crippen molar-refractivity contribution in [3.05, 3.63) is 29.8 Å². The number of methoxy groups -OCH3 is 1. The van der Waals surface area contributed by atoms with Crippen LogP contribution in [0.5, 0.6) is 5.75 Å². The van der Waals surface area contributed by atoms with Gasteiger partial charge in [-0.1, -0.05) is 25.1 Å². The zero-order valence-corrected chi connectivity index (χ0v) is 15.2. The van der Waals surface area contributed by atoms with Crippen LogP contribution in [0.2, 0.25) is 0 Å². The fourth-order valence-electron chi connectivity index (χ4n) is 3.58. The maximum atomic E-state index is 12.5. The van der Waals surface area contributed by atoms with E-state index in [9.17, 15) is 9.59 Å². The molecule has 2 unspecified atom stereocenters. The maximum absolute atomic E-state index is 12.5. The van der Waals surface area contributed by atoms with Crippen LogP contribution in [-0.4, -0.2) is 43.5 Å². The molecular formula is C20H28N2O3. The average molecular weight is 344 g/mol. The van der Waals surface area contributed by atoms with Gasteiger partial charge in [0.25, 0.3) is 0 Å². The zero-order valence-electron chi connectivity index (χ0n) is 15.2.